The van der Waals surface area contributed by atoms with Gasteiger partial charge in [0.25, 0.3) is 0 Å². The monoisotopic (exact) mass is 252 g/mol. The summed E-state index contributed by atoms with van der Waals surface area (Å²) in [6.07, 6.45) is 9.81. The highest BCUT2D eigenvalue weighted by molar-refractivity contribution is 5.02. The molecule has 0 spiro atoms. The Labute approximate surface area is 114 Å². The molecule has 1 rings (SSSR count). The zero-order valence-corrected chi connectivity index (χ0v) is 12.8. The molecule has 0 aliphatic heterocycles. The summed E-state index contributed by atoms with van der Waals surface area (Å²) in [7, 11) is 4.52. The fourth-order valence-corrected chi connectivity index (χ4v) is 3.69. The van der Waals surface area contributed by atoms with Gasteiger partial charge in [-0.15, -0.1) is 6.58 Å². The van der Waals surface area contributed by atoms with Crippen LogP contribution in [0, 0.1) is 5.92 Å². The normalized spacial score (nSPS) is 30.4. The number of nitrogens with one attached hydrogen (secondary N) is 1. The van der Waals surface area contributed by atoms with Gasteiger partial charge in [0.2, 0.25) is 0 Å². The van der Waals surface area contributed by atoms with Crippen LogP contribution in [0.15, 0.2) is 12.7 Å². The molecule has 18 heavy (non-hydrogen) atoms. The first-order chi connectivity index (χ1) is 8.56. The van der Waals surface area contributed by atoms with Gasteiger partial charge in [0.05, 0.1) is 0 Å². The first-order valence-electron chi connectivity index (χ1n) is 7.58. The number of likely N-dealkylation sites (N-methyl/N-ethyl adjacent to an activating group) is 2. The fourth-order valence-electron chi connectivity index (χ4n) is 3.69. The maximum atomic E-state index is 3.88. The van der Waals surface area contributed by atoms with E-state index in [1.165, 1.54) is 32.1 Å². The van der Waals surface area contributed by atoms with Crippen LogP contribution in [0.25, 0.3) is 0 Å². The molecule has 1 fully saturated rings. The Morgan fingerprint density at radius 1 is 1.50 bits per heavy atom. The molecule has 0 aromatic carbocycles. The van der Waals surface area contributed by atoms with E-state index in [2.05, 4.69) is 50.8 Å². The largest absolute Gasteiger partial charge is 0.312 e. The molecule has 0 aromatic rings. The van der Waals surface area contributed by atoms with Gasteiger partial charge in [-0.1, -0.05) is 32.8 Å². The van der Waals surface area contributed by atoms with Crippen molar-refractivity contribution in [3.05, 3.63) is 12.7 Å². The van der Waals surface area contributed by atoms with E-state index in [9.17, 15) is 0 Å². The minimum atomic E-state index is 0.344. The van der Waals surface area contributed by atoms with E-state index in [4.69, 9.17) is 0 Å². The minimum Gasteiger partial charge on any atom is -0.312 e. The first-order valence-corrected chi connectivity index (χ1v) is 7.58. The molecule has 3 unspecified atom stereocenters. The van der Waals surface area contributed by atoms with Gasteiger partial charge in [-0.25, -0.2) is 0 Å². The molecule has 2 heteroatoms. The molecule has 0 radical (unpaired) electrons. The molecule has 1 aliphatic carbocycles. The molecule has 1 aliphatic rings. The van der Waals surface area contributed by atoms with Crippen LogP contribution in [0.3, 0.4) is 0 Å². The van der Waals surface area contributed by atoms with E-state index < -0.39 is 0 Å². The minimum absolute atomic E-state index is 0.344. The van der Waals surface area contributed by atoms with Crippen LogP contribution >= 0.6 is 0 Å². The summed E-state index contributed by atoms with van der Waals surface area (Å²) in [5.41, 5.74) is 0.344. The van der Waals surface area contributed by atoms with Crippen LogP contribution in [0.2, 0.25) is 0 Å². The molecule has 0 bridgehead atoms. The van der Waals surface area contributed by atoms with Crippen molar-refractivity contribution in [2.45, 2.75) is 64.0 Å². The highest BCUT2D eigenvalue weighted by Crippen LogP contribution is 2.39. The van der Waals surface area contributed by atoms with Gasteiger partial charge in [0.15, 0.2) is 0 Å². The quantitative estimate of drug-likeness (QED) is 0.698. The molecular formula is C16H32N2. The second-order valence-electron chi connectivity index (χ2n) is 6.18. The maximum Gasteiger partial charge on any atom is 0.0359 e. The Balaban J connectivity index is 2.86. The Kier molecular flexibility index (Phi) is 6.37. The van der Waals surface area contributed by atoms with Gasteiger partial charge >= 0.3 is 0 Å². The van der Waals surface area contributed by atoms with Crippen LogP contribution in [0.1, 0.15) is 52.4 Å². The Hall–Kier alpha value is -0.340. The highest BCUT2D eigenvalue weighted by atomic mass is 15.2. The molecular weight excluding hydrogens is 220 g/mol. The predicted octanol–water partition coefficient (Wildman–Crippen LogP) is 3.44. The zero-order valence-electron chi connectivity index (χ0n) is 12.8. The topological polar surface area (TPSA) is 15.3 Å². The number of hydrogen-bond donors (Lipinski definition) is 1. The molecule has 0 heterocycles. The van der Waals surface area contributed by atoms with Crippen molar-refractivity contribution < 1.29 is 0 Å². The number of allylic oxidation sites excluding steroid dienone is 1. The van der Waals surface area contributed by atoms with Crippen molar-refractivity contribution in [2.24, 2.45) is 5.92 Å². The van der Waals surface area contributed by atoms with E-state index in [1.807, 2.05) is 0 Å². The van der Waals surface area contributed by atoms with Crippen molar-refractivity contribution >= 4 is 0 Å². The molecule has 1 saturated carbocycles. The summed E-state index contributed by atoms with van der Waals surface area (Å²) in [6.45, 7) is 9.57. The highest BCUT2D eigenvalue weighted by Gasteiger charge is 2.42. The molecule has 2 nitrogen and oxygen atoms in total. The lowest BCUT2D eigenvalue weighted by molar-refractivity contribution is 0.0352. The third-order valence-corrected chi connectivity index (χ3v) is 4.66. The molecule has 106 valence electrons. The average molecular weight is 252 g/mol. The van der Waals surface area contributed by atoms with Crippen molar-refractivity contribution in [3.8, 4) is 0 Å². The van der Waals surface area contributed by atoms with Crippen molar-refractivity contribution in [2.75, 3.05) is 20.6 Å². The number of hydrogen-bond acceptors (Lipinski definition) is 2. The molecule has 1 N–H and O–H groups in total. The maximum absolute atomic E-state index is 3.88. The first kappa shape index (κ1) is 15.7. The SMILES string of the molecule is C=CCCC(NCC)C1(N(C)C)CCCC(C)C1. The van der Waals surface area contributed by atoms with Crippen LogP contribution in [-0.2, 0) is 0 Å². The summed E-state index contributed by atoms with van der Waals surface area (Å²) in [4.78, 5) is 2.49. The van der Waals surface area contributed by atoms with Gasteiger partial charge in [-0.05, 0) is 52.2 Å². The smallest absolute Gasteiger partial charge is 0.0359 e. The molecule has 0 aromatic heterocycles. The fraction of sp³-hybridized carbons (Fsp3) is 0.875. The van der Waals surface area contributed by atoms with Gasteiger partial charge in [0.1, 0.15) is 0 Å². The molecule has 0 saturated heterocycles. The van der Waals surface area contributed by atoms with Gasteiger partial charge in [-0.2, -0.15) is 0 Å². The molecule has 3 atom stereocenters. The third kappa shape index (κ3) is 3.58. The van der Waals surface area contributed by atoms with Gasteiger partial charge < -0.3 is 10.2 Å². The molecule has 0 amide bonds. The standard InChI is InChI=1S/C16H32N2/c1-6-8-11-15(17-7-2)16(18(4)5)12-9-10-14(3)13-16/h6,14-15,17H,1,7-13H2,2-5H3. The lowest BCUT2D eigenvalue weighted by atomic mass is 9.70. The van der Waals surface area contributed by atoms with Crippen LogP contribution in [0.4, 0.5) is 0 Å². The van der Waals surface area contributed by atoms with E-state index in [0.717, 1.165) is 18.9 Å². The summed E-state index contributed by atoms with van der Waals surface area (Å²) < 4.78 is 0. The second-order valence-corrected chi connectivity index (χ2v) is 6.18. The van der Waals surface area contributed by atoms with E-state index >= 15 is 0 Å². The zero-order chi connectivity index (χ0) is 13.6. The summed E-state index contributed by atoms with van der Waals surface area (Å²) >= 11 is 0. The lowest BCUT2D eigenvalue weighted by Gasteiger charge is -2.50. The van der Waals surface area contributed by atoms with Crippen molar-refractivity contribution in [3.63, 3.8) is 0 Å². The Bertz CT molecular complexity index is 249. The number of rotatable bonds is 7. The summed E-state index contributed by atoms with van der Waals surface area (Å²) in [5.74, 6) is 0.853. The van der Waals surface area contributed by atoms with Crippen LogP contribution in [0.5, 0.6) is 0 Å². The second kappa shape index (κ2) is 7.30. The predicted molar refractivity (Wildman–Crippen MR) is 80.9 cm³/mol. The van der Waals surface area contributed by atoms with E-state index in [1.54, 1.807) is 0 Å². The van der Waals surface area contributed by atoms with E-state index in [0.29, 0.717) is 11.6 Å². The van der Waals surface area contributed by atoms with Crippen LogP contribution in [-0.4, -0.2) is 37.1 Å². The summed E-state index contributed by atoms with van der Waals surface area (Å²) in [6, 6.07) is 0.596. The third-order valence-electron chi connectivity index (χ3n) is 4.66. The summed E-state index contributed by atoms with van der Waals surface area (Å²) in [5, 5.41) is 3.74. The van der Waals surface area contributed by atoms with Gasteiger partial charge in [0, 0.05) is 11.6 Å². The van der Waals surface area contributed by atoms with Crippen molar-refractivity contribution in [1.29, 1.82) is 0 Å². The van der Waals surface area contributed by atoms with Gasteiger partial charge in [-0.3, -0.25) is 0 Å². The number of nitrogens with zero attached hydrogens (tertiary/aromatic N) is 1. The Morgan fingerprint density at radius 2 is 2.22 bits per heavy atom. The Morgan fingerprint density at radius 3 is 2.72 bits per heavy atom. The van der Waals surface area contributed by atoms with Crippen molar-refractivity contribution in [1.82, 2.24) is 10.2 Å². The lowest BCUT2D eigenvalue weighted by Crippen LogP contribution is -2.60. The van der Waals surface area contributed by atoms with Crippen LogP contribution < -0.4 is 5.32 Å². The van der Waals surface area contributed by atoms with E-state index in [-0.39, 0.29) is 0 Å². The average Bonchev–Trinajstić information content (AvgIpc) is 2.34.